The standard InChI is InChI=1S/C12H16O8/c1-17-9(13)5-6(10(14)18-2)8(12(16)20-4)7(5)11(15)19-3/h5-8H,1-4H3/t5-,6-,7+,8+. The average molecular weight is 288 g/mol. The van der Waals surface area contributed by atoms with Crippen LogP contribution in [0.1, 0.15) is 0 Å². The smallest absolute Gasteiger partial charge is 0.310 e. The second kappa shape index (κ2) is 6.36. The third kappa shape index (κ3) is 2.45. The Hall–Kier alpha value is -2.12. The molecule has 0 aromatic heterocycles. The molecule has 0 heterocycles. The summed E-state index contributed by atoms with van der Waals surface area (Å²) in [4.78, 5) is 46.9. The molecule has 0 radical (unpaired) electrons. The average Bonchev–Trinajstić information content (AvgIpc) is 2.44. The van der Waals surface area contributed by atoms with E-state index in [1.165, 1.54) is 0 Å². The topological polar surface area (TPSA) is 105 Å². The normalized spacial score (nSPS) is 27.8. The first-order chi connectivity index (χ1) is 9.44. The van der Waals surface area contributed by atoms with Gasteiger partial charge in [-0.15, -0.1) is 0 Å². The number of hydrogen-bond acceptors (Lipinski definition) is 8. The zero-order valence-corrected chi connectivity index (χ0v) is 11.6. The van der Waals surface area contributed by atoms with Crippen molar-refractivity contribution in [3.63, 3.8) is 0 Å². The maximum absolute atomic E-state index is 11.7. The Bertz CT molecular complexity index is 341. The third-order valence-electron chi connectivity index (χ3n) is 3.44. The molecule has 112 valence electrons. The van der Waals surface area contributed by atoms with Gasteiger partial charge in [0, 0.05) is 0 Å². The zero-order chi connectivity index (χ0) is 15.4. The largest absolute Gasteiger partial charge is 0.469 e. The Balaban J connectivity index is 3.16. The van der Waals surface area contributed by atoms with Crippen LogP contribution in [-0.2, 0) is 38.1 Å². The van der Waals surface area contributed by atoms with Crippen LogP contribution in [0.2, 0.25) is 0 Å². The molecular weight excluding hydrogens is 272 g/mol. The number of ether oxygens (including phenoxy) is 4. The fraction of sp³-hybridized carbons (Fsp3) is 0.667. The summed E-state index contributed by atoms with van der Waals surface area (Å²) < 4.78 is 18.2. The Kier molecular flexibility index (Phi) is 5.06. The number of hydrogen-bond donors (Lipinski definition) is 0. The van der Waals surface area contributed by atoms with Crippen LogP contribution in [0.15, 0.2) is 0 Å². The number of carbonyl (C=O) groups excluding carboxylic acids is 4. The maximum atomic E-state index is 11.7. The molecule has 0 bridgehead atoms. The van der Waals surface area contributed by atoms with E-state index in [4.69, 9.17) is 0 Å². The molecule has 0 saturated heterocycles. The Morgan fingerprint density at radius 3 is 0.750 bits per heavy atom. The van der Waals surface area contributed by atoms with Crippen molar-refractivity contribution in [1.82, 2.24) is 0 Å². The Labute approximate surface area is 115 Å². The van der Waals surface area contributed by atoms with Gasteiger partial charge in [0.2, 0.25) is 0 Å². The third-order valence-corrected chi connectivity index (χ3v) is 3.44. The van der Waals surface area contributed by atoms with Crippen molar-refractivity contribution < 1.29 is 38.1 Å². The van der Waals surface area contributed by atoms with E-state index in [9.17, 15) is 19.2 Å². The quantitative estimate of drug-likeness (QED) is 0.487. The molecule has 0 amide bonds. The lowest BCUT2D eigenvalue weighted by atomic mass is 9.56. The van der Waals surface area contributed by atoms with E-state index in [1.807, 2.05) is 0 Å². The zero-order valence-electron chi connectivity index (χ0n) is 11.6. The highest BCUT2D eigenvalue weighted by atomic mass is 16.5. The number of methoxy groups -OCH3 is 4. The van der Waals surface area contributed by atoms with E-state index in [2.05, 4.69) is 18.9 Å². The predicted octanol–water partition coefficient (Wildman–Crippen LogP) is -0.843. The number of carbonyl (C=O) groups is 4. The van der Waals surface area contributed by atoms with Crippen molar-refractivity contribution in [2.75, 3.05) is 28.4 Å². The lowest BCUT2D eigenvalue weighted by molar-refractivity contribution is -0.196. The minimum absolute atomic E-state index is 0.782. The molecule has 0 unspecified atom stereocenters. The van der Waals surface area contributed by atoms with Gasteiger partial charge < -0.3 is 18.9 Å². The highest BCUT2D eigenvalue weighted by molar-refractivity contribution is 5.97. The van der Waals surface area contributed by atoms with Crippen LogP contribution in [0.25, 0.3) is 0 Å². The molecular formula is C12H16O8. The maximum Gasteiger partial charge on any atom is 0.310 e. The summed E-state index contributed by atoms with van der Waals surface area (Å²) in [6, 6.07) is 0. The molecule has 0 N–H and O–H groups in total. The van der Waals surface area contributed by atoms with E-state index >= 15 is 0 Å². The van der Waals surface area contributed by atoms with Gasteiger partial charge in [0.05, 0.1) is 52.1 Å². The van der Waals surface area contributed by atoms with Crippen LogP contribution in [0.5, 0.6) is 0 Å². The van der Waals surface area contributed by atoms with E-state index in [0.29, 0.717) is 0 Å². The van der Waals surface area contributed by atoms with Crippen molar-refractivity contribution in [3.05, 3.63) is 0 Å². The molecule has 1 rings (SSSR count). The first-order valence-electron chi connectivity index (χ1n) is 5.75. The van der Waals surface area contributed by atoms with Crippen LogP contribution in [-0.4, -0.2) is 52.3 Å². The van der Waals surface area contributed by atoms with E-state index < -0.39 is 47.5 Å². The second-order valence-electron chi connectivity index (χ2n) is 4.20. The molecule has 1 saturated carbocycles. The van der Waals surface area contributed by atoms with Crippen molar-refractivity contribution in [2.45, 2.75) is 0 Å². The molecule has 1 aliphatic rings. The van der Waals surface area contributed by atoms with Crippen LogP contribution in [0.4, 0.5) is 0 Å². The Morgan fingerprint density at radius 1 is 0.500 bits per heavy atom. The highest BCUT2D eigenvalue weighted by Gasteiger charge is 2.65. The van der Waals surface area contributed by atoms with Gasteiger partial charge in [-0.1, -0.05) is 0 Å². The predicted molar refractivity (Wildman–Crippen MR) is 62.0 cm³/mol. The summed E-state index contributed by atoms with van der Waals surface area (Å²) in [7, 11) is 4.49. The summed E-state index contributed by atoms with van der Waals surface area (Å²) in [6.45, 7) is 0. The lowest BCUT2D eigenvalue weighted by Crippen LogP contribution is -2.60. The Morgan fingerprint density at radius 2 is 0.650 bits per heavy atom. The molecule has 0 aliphatic heterocycles. The van der Waals surface area contributed by atoms with E-state index in [0.717, 1.165) is 28.4 Å². The highest BCUT2D eigenvalue weighted by Crippen LogP contribution is 2.48. The first kappa shape index (κ1) is 15.9. The van der Waals surface area contributed by atoms with Crippen LogP contribution < -0.4 is 0 Å². The summed E-state index contributed by atoms with van der Waals surface area (Å²) in [5.74, 6) is -7.61. The van der Waals surface area contributed by atoms with Gasteiger partial charge in [-0.25, -0.2) is 0 Å². The molecule has 0 atom stereocenters. The van der Waals surface area contributed by atoms with Crippen molar-refractivity contribution >= 4 is 23.9 Å². The number of rotatable bonds is 4. The van der Waals surface area contributed by atoms with Gasteiger partial charge >= 0.3 is 23.9 Å². The molecule has 0 spiro atoms. The molecule has 20 heavy (non-hydrogen) atoms. The van der Waals surface area contributed by atoms with Gasteiger partial charge in [-0.05, 0) is 0 Å². The van der Waals surface area contributed by atoms with Crippen molar-refractivity contribution in [3.8, 4) is 0 Å². The summed E-state index contributed by atoms with van der Waals surface area (Å²) >= 11 is 0. The van der Waals surface area contributed by atoms with E-state index in [1.54, 1.807) is 0 Å². The molecule has 0 aromatic carbocycles. The minimum atomic E-state index is -1.12. The fourth-order valence-corrected chi connectivity index (χ4v) is 2.47. The van der Waals surface area contributed by atoms with Gasteiger partial charge in [0.1, 0.15) is 0 Å². The molecule has 1 fully saturated rings. The molecule has 1 aliphatic carbocycles. The summed E-state index contributed by atoms with van der Waals surface area (Å²) in [6.07, 6.45) is 0. The van der Waals surface area contributed by atoms with Crippen molar-refractivity contribution in [2.24, 2.45) is 23.7 Å². The fourth-order valence-electron chi connectivity index (χ4n) is 2.47. The SMILES string of the molecule is COC(=O)[C@H]1[C@H](C(=O)OC)[C@@H](C(=O)OC)[C@@H]1C(=O)OC. The monoisotopic (exact) mass is 288 g/mol. The van der Waals surface area contributed by atoms with Gasteiger partial charge in [0.15, 0.2) is 0 Å². The lowest BCUT2D eigenvalue weighted by Gasteiger charge is -2.44. The van der Waals surface area contributed by atoms with Crippen LogP contribution in [0.3, 0.4) is 0 Å². The molecule has 8 heteroatoms. The van der Waals surface area contributed by atoms with E-state index in [-0.39, 0.29) is 0 Å². The van der Waals surface area contributed by atoms with Crippen LogP contribution >= 0.6 is 0 Å². The van der Waals surface area contributed by atoms with Crippen molar-refractivity contribution in [1.29, 1.82) is 0 Å². The summed E-state index contributed by atoms with van der Waals surface area (Å²) in [5, 5.41) is 0. The summed E-state index contributed by atoms with van der Waals surface area (Å²) in [5.41, 5.74) is 0. The molecule has 8 nitrogen and oxygen atoms in total. The van der Waals surface area contributed by atoms with Gasteiger partial charge in [0.25, 0.3) is 0 Å². The van der Waals surface area contributed by atoms with Crippen LogP contribution in [0, 0.1) is 23.7 Å². The first-order valence-corrected chi connectivity index (χ1v) is 5.75. The number of esters is 4. The minimum Gasteiger partial charge on any atom is -0.469 e. The van der Waals surface area contributed by atoms with Gasteiger partial charge in [-0.2, -0.15) is 0 Å². The second-order valence-corrected chi connectivity index (χ2v) is 4.20. The van der Waals surface area contributed by atoms with Gasteiger partial charge in [-0.3, -0.25) is 19.2 Å². The molecule has 0 aromatic rings.